The van der Waals surface area contributed by atoms with Crippen molar-refractivity contribution in [3.05, 3.63) is 29.8 Å². The fourth-order valence-electron chi connectivity index (χ4n) is 1.36. The van der Waals surface area contributed by atoms with Gasteiger partial charge in [-0.05, 0) is 35.8 Å². The first-order chi connectivity index (χ1) is 8.99. The summed E-state index contributed by atoms with van der Waals surface area (Å²) < 4.78 is 0. The number of thiocarbonyl (C=S) groups is 1. The summed E-state index contributed by atoms with van der Waals surface area (Å²) in [5.41, 5.74) is 5.00. The monoisotopic (exact) mass is 278 g/mol. The third-order valence-corrected chi connectivity index (χ3v) is 2.70. The molecule has 0 heterocycles. The molecule has 0 bridgehead atoms. The van der Waals surface area contributed by atoms with Gasteiger partial charge in [0.15, 0.2) is 5.11 Å². The lowest BCUT2D eigenvalue weighted by molar-refractivity contribution is 0.621. The van der Waals surface area contributed by atoms with Crippen LogP contribution in [0.15, 0.2) is 29.4 Å². The quantitative estimate of drug-likeness (QED) is 0.492. The SMILES string of the molecule is CC(C)CNC(=S)NN=Cc1ccc(N(C)C)cc1. The summed E-state index contributed by atoms with van der Waals surface area (Å²) in [6, 6.07) is 8.14. The van der Waals surface area contributed by atoms with Gasteiger partial charge in [-0.3, -0.25) is 5.43 Å². The fourth-order valence-corrected chi connectivity index (χ4v) is 1.50. The van der Waals surface area contributed by atoms with Crippen molar-refractivity contribution >= 4 is 29.2 Å². The third kappa shape index (κ3) is 6.20. The predicted molar refractivity (Wildman–Crippen MR) is 86.9 cm³/mol. The second-order valence-electron chi connectivity index (χ2n) is 4.96. The molecule has 0 atom stereocenters. The molecule has 0 fully saturated rings. The molecule has 0 unspecified atom stereocenters. The molecule has 1 aromatic carbocycles. The van der Waals surface area contributed by atoms with Crippen LogP contribution < -0.4 is 15.6 Å². The van der Waals surface area contributed by atoms with E-state index in [-0.39, 0.29) is 0 Å². The number of hydrazone groups is 1. The number of benzene rings is 1. The molecule has 0 saturated carbocycles. The van der Waals surface area contributed by atoms with E-state index in [1.807, 2.05) is 26.2 Å². The minimum atomic E-state index is 0.551. The van der Waals surface area contributed by atoms with Crippen LogP contribution in [0.2, 0.25) is 0 Å². The predicted octanol–water partition coefficient (Wildman–Crippen LogP) is 2.21. The van der Waals surface area contributed by atoms with Crippen LogP contribution in [-0.4, -0.2) is 32.0 Å². The highest BCUT2D eigenvalue weighted by molar-refractivity contribution is 7.80. The largest absolute Gasteiger partial charge is 0.378 e. The molecule has 0 radical (unpaired) electrons. The van der Waals surface area contributed by atoms with Crippen LogP contribution in [0.1, 0.15) is 19.4 Å². The van der Waals surface area contributed by atoms with Crippen LogP contribution in [0, 0.1) is 5.92 Å². The molecule has 0 spiro atoms. The minimum absolute atomic E-state index is 0.551. The van der Waals surface area contributed by atoms with Crippen molar-refractivity contribution in [2.24, 2.45) is 11.0 Å². The Morgan fingerprint density at radius 2 is 1.95 bits per heavy atom. The highest BCUT2D eigenvalue weighted by atomic mass is 32.1. The van der Waals surface area contributed by atoms with Gasteiger partial charge in [0, 0.05) is 26.3 Å². The van der Waals surface area contributed by atoms with Crippen molar-refractivity contribution < 1.29 is 0 Å². The van der Waals surface area contributed by atoms with Gasteiger partial charge in [0.25, 0.3) is 0 Å². The number of nitrogens with zero attached hydrogens (tertiary/aromatic N) is 2. The van der Waals surface area contributed by atoms with E-state index in [1.54, 1.807) is 6.21 Å². The molecule has 1 aromatic rings. The summed E-state index contributed by atoms with van der Waals surface area (Å²) in [7, 11) is 4.03. The molecule has 0 aliphatic heterocycles. The summed E-state index contributed by atoms with van der Waals surface area (Å²) in [6.07, 6.45) is 1.75. The Morgan fingerprint density at radius 3 is 2.47 bits per heavy atom. The van der Waals surface area contributed by atoms with Gasteiger partial charge in [-0.15, -0.1) is 0 Å². The molecular weight excluding hydrogens is 256 g/mol. The summed E-state index contributed by atoms with van der Waals surface area (Å²) in [6.45, 7) is 5.11. The van der Waals surface area contributed by atoms with Crippen molar-refractivity contribution in [1.29, 1.82) is 0 Å². The van der Waals surface area contributed by atoms with E-state index in [0.29, 0.717) is 11.0 Å². The molecular formula is C14H22N4S. The van der Waals surface area contributed by atoms with Gasteiger partial charge in [0.2, 0.25) is 0 Å². The third-order valence-electron chi connectivity index (χ3n) is 2.46. The lowest BCUT2D eigenvalue weighted by Crippen LogP contribution is -2.34. The number of hydrogen-bond acceptors (Lipinski definition) is 3. The van der Waals surface area contributed by atoms with Crippen molar-refractivity contribution in [3.8, 4) is 0 Å². The molecule has 0 saturated heterocycles. The number of rotatable bonds is 5. The fraction of sp³-hybridized carbons (Fsp3) is 0.429. The van der Waals surface area contributed by atoms with Crippen LogP contribution in [-0.2, 0) is 0 Å². The average molecular weight is 278 g/mol. The first-order valence-electron chi connectivity index (χ1n) is 6.33. The van der Waals surface area contributed by atoms with Gasteiger partial charge in [0.1, 0.15) is 0 Å². The van der Waals surface area contributed by atoms with E-state index in [9.17, 15) is 0 Å². The van der Waals surface area contributed by atoms with Crippen LogP contribution in [0.25, 0.3) is 0 Å². The van der Waals surface area contributed by atoms with E-state index in [4.69, 9.17) is 12.2 Å². The van der Waals surface area contributed by atoms with E-state index >= 15 is 0 Å². The first kappa shape index (κ1) is 15.4. The average Bonchev–Trinajstić information content (AvgIpc) is 2.37. The van der Waals surface area contributed by atoms with Crippen molar-refractivity contribution in [2.75, 3.05) is 25.5 Å². The second kappa shape index (κ2) is 7.74. The van der Waals surface area contributed by atoms with Crippen LogP contribution in [0.3, 0.4) is 0 Å². The standard InChI is InChI=1S/C14H22N4S/c1-11(2)9-15-14(19)17-16-10-12-5-7-13(8-6-12)18(3)4/h5-8,10-11H,9H2,1-4H3,(H2,15,17,19). The molecule has 0 aromatic heterocycles. The summed E-state index contributed by atoms with van der Waals surface area (Å²) >= 11 is 5.10. The maximum Gasteiger partial charge on any atom is 0.186 e. The van der Waals surface area contributed by atoms with Crippen LogP contribution in [0.5, 0.6) is 0 Å². The van der Waals surface area contributed by atoms with Gasteiger partial charge in [-0.25, -0.2) is 0 Å². The smallest absolute Gasteiger partial charge is 0.186 e. The minimum Gasteiger partial charge on any atom is -0.378 e. The Morgan fingerprint density at radius 1 is 1.32 bits per heavy atom. The Balaban J connectivity index is 2.42. The zero-order valence-corrected chi connectivity index (χ0v) is 12.8. The normalized spacial score (nSPS) is 10.8. The van der Waals surface area contributed by atoms with Gasteiger partial charge < -0.3 is 10.2 Å². The lowest BCUT2D eigenvalue weighted by atomic mass is 10.2. The van der Waals surface area contributed by atoms with Crippen molar-refractivity contribution in [1.82, 2.24) is 10.7 Å². The molecule has 4 nitrogen and oxygen atoms in total. The van der Waals surface area contributed by atoms with Gasteiger partial charge in [-0.2, -0.15) is 5.10 Å². The molecule has 5 heteroatoms. The molecule has 0 aliphatic carbocycles. The maximum absolute atomic E-state index is 5.10. The van der Waals surface area contributed by atoms with E-state index < -0.39 is 0 Å². The van der Waals surface area contributed by atoms with Crippen LogP contribution >= 0.6 is 12.2 Å². The first-order valence-corrected chi connectivity index (χ1v) is 6.74. The Labute approximate surface area is 120 Å². The molecule has 1 rings (SSSR count). The number of hydrogen-bond donors (Lipinski definition) is 2. The van der Waals surface area contributed by atoms with Crippen molar-refractivity contribution in [2.45, 2.75) is 13.8 Å². The maximum atomic E-state index is 5.10. The summed E-state index contributed by atoms with van der Waals surface area (Å²) in [4.78, 5) is 2.06. The van der Waals surface area contributed by atoms with E-state index in [2.05, 4.69) is 46.7 Å². The van der Waals surface area contributed by atoms with Gasteiger partial charge >= 0.3 is 0 Å². The molecule has 19 heavy (non-hydrogen) atoms. The van der Waals surface area contributed by atoms with Gasteiger partial charge in [-0.1, -0.05) is 26.0 Å². The Bertz CT molecular complexity index is 424. The highest BCUT2D eigenvalue weighted by Crippen LogP contribution is 2.10. The topological polar surface area (TPSA) is 39.7 Å². The Kier molecular flexibility index (Phi) is 6.29. The molecule has 0 amide bonds. The molecule has 104 valence electrons. The Hall–Kier alpha value is -1.62. The highest BCUT2D eigenvalue weighted by Gasteiger charge is 1.96. The zero-order valence-electron chi connectivity index (χ0n) is 12.0. The number of nitrogens with one attached hydrogen (secondary N) is 2. The van der Waals surface area contributed by atoms with Gasteiger partial charge in [0.05, 0.1) is 6.21 Å². The number of anilines is 1. The summed E-state index contributed by atoms with van der Waals surface area (Å²) in [5, 5.41) is 7.74. The molecule has 0 aliphatic rings. The second-order valence-corrected chi connectivity index (χ2v) is 5.37. The summed E-state index contributed by atoms with van der Waals surface area (Å²) in [5.74, 6) is 0.558. The zero-order chi connectivity index (χ0) is 14.3. The van der Waals surface area contributed by atoms with E-state index in [0.717, 1.165) is 12.1 Å². The lowest BCUT2D eigenvalue weighted by Gasteiger charge is -2.11. The van der Waals surface area contributed by atoms with Crippen molar-refractivity contribution in [3.63, 3.8) is 0 Å². The van der Waals surface area contributed by atoms with E-state index in [1.165, 1.54) is 5.69 Å². The molecule has 2 N–H and O–H groups in total. The van der Waals surface area contributed by atoms with Crippen LogP contribution in [0.4, 0.5) is 5.69 Å².